The van der Waals surface area contributed by atoms with E-state index in [-0.39, 0.29) is 5.78 Å². The highest BCUT2D eigenvalue weighted by Crippen LogP contribution is 2.15. The molecule has 0 aliphatic carbocycles. The van der Waals surface area contributed by atoms with E-state index < -0.39 is 0 Å². The van der Waals surface area contributed by atoms with Crippen LogP contribution in [-0.2, 0) is 0 Å². The summed E-state index contributed by atoms with van der Waals surface area (Å²) in [6.07, 6.45) is 1.64. The van der Waals surface area contributed by atoms with Gasteiger partial charge < -0.3 is 0 Å². The summed E-state index contributed by atoms with van der Waals surface area (Å²) in [6.45, 7) is 5.85. The number of carbonyl (C=O) groups excluding carboxylic acids is 1. The molecular weight excluding hydrogens is 210 g/mol. The first-order valence-electron chi connectivity index (χ1n) is 5.62. The van der Waals surface area contributed by atoms with E-state index in [9.17, 15) is 4.79 Å². The van der Waals surface area contributed by atoms with Crippen LogP contribution in [0.4, 0.5) is 0 Å². The Labute approximate surface area is 101 Å². The molecule has 0 radical (unpaired) electrons. The Balaban J connectivity index is 2.43. The van der Waals surface area contributed by atoms with Gasteiger partial charge in [-0.2, -0.15) is 0 Å². The van der Waals surface area contributed by atoms with Crippen LogP contribution in [0.25, 0.3) is 0 Å². The van der Waals surface area contributed by atoms with Crippen molar-refractivity contribution in [3.63, 3.8) is 0 Å². The van der Waals surface area contributed by atoms with Gasteiger partial charge in [0, 0.05) is 23.0 Å². The lowest BCUT2D eigenvalue weighted by atomic mass is 9.98. The summed E-state index contributed by atoms with van der Waals surface area (Å²) in [5, 5.41) is 0. The molecule has 0 saturated heterocycles. The van der Waals surface area contributed by atoms with Gasteiger partial charge in [0.1, 0.15) is 0 Å². The second-order valence-electron chi connectivity index (χ2n) is 4.34. The van der Waals surface area contributed by atoms with E-state index in [0.29, 0.717) is 5.56 Å². The van der Waals surface area contributed by atoms with E-state index in [1.807, 2.05) is 51.1 Å². The van der Waals surface area contributed by atoms with Gasteiger partial charge in [0.15, 0.2) is 5.78 Å². The molecule has 0 bridgehead atoms. The van der Waals surface area contributed by atoms with Crippen LogP contribution >= 0.6 is 0 Å². The zero-order valence-electron chi connectivity index (χ0n) is 10.3. The van der Waals surface area contributed by atoms with Crippen LogP contribution in [-0.4, -0.2) is 10.8 Å². The molecule has 2 heteroatoms. The molecule has 0 aliphatic rings. The fraction of sp³-hybridized carbons (Fsp3) is 0.200. The average molecular weight is 225 g/mol. The number of ketones is 1. The van der Waals surface area contributed by atoms with Crippen LogP contribution in [0.15, 0.2) is 36.5 Å². The molecule has 0 N–H and O–H groups in total. The summed E-state index contributed by atoms with van der Waals surface area (Å²) < 4.78 is 0. The highest BCUT2D eigenvalue weighted by atomic mass is 16.1. The molecule has 0 atom stereocenters. The number of aromatic nitrogens is 1. The second kappa shape index (κ2) is 4.50. The normalized spacial score (nSPS) is 10.3. The maximum atomic E-state index is 12.3. The molecule has 2 rings (SSSR count). The van der Waals surface area contributed by atoms with Crippen molar-refractivity contribution in [2.75, 3.05) is 0 Å². The van der Waals surface area contributed by atoms with Gasteiger partial charge in [-0.25, -0.2) is 0 Å². The highest BCUT2D eigenvalue weighted by Gasteiger charge is 2.11. The molecule has 2 aromatic rings. The molecule has 1 heterocycles. The summed E-state index contributed by atoms with van der Waals surface area (Å²) in [4.78, 5) is 16.4. The topological polar surface area (TPSA) is 30.0 Å². The molecule has 0 unspecified atom stereocenters. The lowest BCUT2D eigenvalue weighted by molar-refractivity contribution is 0.103. The summed E-state index contributed by atoms with van der Waals surface area (Å²) in [7, 11) is 0. The zero-order chi connectivity index (χ0) is 12.4. The molecule has 0 saturated carbocycles. The zero-order valence-corrected chi connectivity index (χ0v) is 10.3. The first kappa shape index (κ1) is 11.5. The maximum Gasteiger partial charge on any atom is 0.194 e. The Bertz CT molecular complexity index is 556. The van der Waals surface area contributed by atoms with Crippen molar-refractivity contribution in [3.8, 4) is 0 Å². The summed E-state index contributed by atoms with van der Waals surface area (Å²) in [5.41, 5.74) is 4.42. The van der Waals surface area contributed by atoms with E-state index in [1.165, 1.54) is 0 Å². The van der Waals surface area contributed by atoms with E-state index in [2.05, 4.69) is 4.98 Å². The Morgan fingerprint density at radius 3 is 2.47 bits per heavy atom. The summed E-state index contributed by atoms with van der Waals surface area (Å²) in [5.74, 6) is 0.0405. The first-order valence-corrected chi connectivity index (χ1v) is 5.62. The van der Waals surface area contributed by atoms with Crippen molar-refractivity contribution in [3.05, 3.63) is 64.5 Å². The minimum Gasteiger partial charge on any atom is -0.289 e. The van der Waals surface area contributed by atoms with Crippen LogP contribution in [0.5, 0.6) is 0 Å². The fourth-order valence-electron chi connectivity index (χ4n) is 1.74. The van der Waals surface area contributed by atoms with Crippen molar-refractivity contribution in [1.82, 2.24) is 4.98 Å². The van der Waals surface area contributed by atoms with Gasteiger partial charge >= 0.3 is 0 Å². The van der Waals surface area contributed by atoms with Gasteiger partial charge in [-0.1, -0.05) is 17.7 Å². The Morgan fingerprint density at radius 1 is 1.06 bits per heavy atom. The number of aryl methyl sites for hydroxylation is 3. The van der Waals surface area contributed by atoms with Gasteiger partial charge in [-0.15, -0.1) is 0 Å². The predicted octanol–water partition coefficient (Wildman–Crippen LogP) is 3.24. The molecule has 0 aliphatic heterocycles. The molecule has 17 heavy (non-hydrogen) atoms. The Morgan fingerprint density at radius 2 is 1.82 bits per heavy atom. The van der Waals surface area contributed by atoms with Crippen LogP contribution in [0.3, 0.4) is 0 Å². The highest BCUT2D eigenvalue weighted by molar-refractivity contribution is 6.09. The van der Waals surface area contributed by atoms with E-state index in [1.54, 1.807) is 6.20 Å². The standard InChI is InChI=1S/C15H15NO/c1-10-4-5-11(2)14(8-10)15(17)13-7-6-12(3)16-9-13/h4-9H,1-3H3. The predicted molar refractivity (Wildman–Crippen MR) is 68.3 cm³/mol. The lowest BCUT2D eigenvalue weighted by Gasteiger charge is -2.06. The third-order valence-electron chi connectivity index (χ3n) is 2.81. The second-order valence-corrected chi connectivity index (χ2v) is 4.34. The Hall–Kier alpha value is -1.96. The smallest absolute Gasteiger partial charge is 0.194 e. The quantitative estimate of drug-likeness (QED) is 0.734. The van der Waals surface area contributed by atoms with Crippen molar-refractivity contribution < 1.29 is 4.79 Å². The van der Waals surface area contributed by atoms with Gasteiger partial charge in [0.05, 0.1) is 0 Å². The fourth-order valence-corrected chi connectivity index (χ4v) is 1.74. The van der Waals surface area contributed by atoms with Gasteiger partial charge in [-0.05, 0) is 44.5 Å². The molecular formula is C15H15NO. The van der Waals surface area contributed by atoms with Crippen molar-refractivity contribution in [2.24, 2.45) is 0 Å². The van der Waals surface area contributed by atoms with E-state index in [4.69, 9.17) is 0 Å². The molecule has 2 nitrogen and oxygen atoms in total. The van der Waals surface area contributed by atoms with Gasteiger partial charge in [-0.3, -0.25) is 9.78 Å². The van der Waals surface area contributed by atoms with Crippen molar-refractivity contribution >= 4 is 5.78 Å². The van der Waals surface area contributed by atoms with Crippen LogP contribution in [0, 0.1) is 20.8 Å². The number of carbonyl (C=O) groups is 1. The molecule has 86 valence electrons. The number of hydrogen-bond donors (Lipinski definition) is 0. The number of hydrogen-bond acceptors (Lipinski definition) is 2. The number of benzene rings is 1. The first-order chi connectivity index (χ1) is 8.08. The average Bonchev–Trinajstić information content (AvgIpc) is 2.32. The van der Waals surface area contributed by atoms with E-state index in [0.717, 1.165) is 22.4 Å². The summed E-state index contributed by atoms with van der Waals surface area (Å²) >= 11 is 0. The third-order valence-corrected chi connectivity index (χ3v) is 2.81. The van der Waals surface area contributed by atoms with Crippen LogP contribution in [0.2, 0.25) is 0 Å². The molecule has 1 aromatic heterocycles. The van der Waals surface area contributed by atoms with Crippen molar-refractivity contribution in [2.45, 2.75) is 20.8 Å². The number of rotatable bonds is 2. The van der Waals surface area contributed by atoms with E-state index >= 15 is 0 Å². The third kappa shape index (κ3) is 2.41. The number of pyridine rings is 1. The Kier molecular flexibility index (Phi) is 3.05. The minimum absolute atomic E-state index is 0.0405. The van der Waals surface area contributed by atoms with Crippen LogP contribution in [0.1, 0.15) is 32.7 Å². The largest absolute Gasteiger partial charge is 0.289 e. The molecule has 0 fully saturated rings. The lowest BCUT2D eigenvalue weighted by Crippen LogP contribution is -2.04. The SMILES string of the molecule is Cc1ccc(C)c(C(=O)c2ccc(C)nc2)c1. The minimum atomic E-state index is 0.0405. The molecule has 0 spiro atoms. The van der Waals surface area contributed by atoms with Gasteiger partial charge in [0.25, 0.3) is 0 Å². The van der Waals surface area contributed by atoms with Gasteiger partial charge in [0.2, 0.25) is 0 Å². The monoisotopic (exact) mass is 225 g/mol. The summed E-state index contributed by atoms with van der Waals surface area (Å²) in [6, 6.07) is 9.60. The van der Waals surface area contributed by atoms with Crippen LogP contribution < -0.4 is 0 Å². The molecule has 1 aromatic carbocycles. The molecule has 0 amide bonds. The number of nitrogens with zero attached hydrogens (tertiary/aromatic N) is 1. The van der Waals surface area contributed by atoms with Crippen molar-refractivity contribution in [1.29, 1.82) is 0 Å². The maximum absolute atomic E-state index is 12.3.